The van der Waals surface area contributed by atoms with Gasteiger partial charge in [0.1, 0.15) is 5.82 Å². The molecule has 0 unspecified atom stereocenters. The molecule has 2 heterocycles. The molecule has 0 aliphatic carbocycles. The van der Waals surface area contributed by atoms with Crippen LogP contribution < -0.4 is 0 Å². The summed E-state index contributed by atoms with van der Waals surface area (Å²) in [5.41, 5.74) is 0.664. The molecule has 0 fully saturated rings. The lowest BCUT2D eigenvalue weighted by Gasteiger charge is -1.93. The Morgan fingerprint density at radius 3 is 2.41 bits per heavy atom. The summed E-state index contributed by atoms with van der Waals surface area (Å²) in [6.07, 6.45) is 1.52. The third-order valence-corrected chi connectivity index (χ3v) is 2.25. The molecule has 3 aromatic rings. The fraction of sp³-hybridized carbons (Fsp3) is 0. The molecule has 0 atom stereocenters. The Hall–Kier alpha value is -2.43. The van der Waals surface area contributed by atoms with Crippen molar-refractivity contribution >= 4 is 0 Å². The van der Waals surface area contributed by atoms with Gasteiger partial charge < -0.3 is 8.83 Å². The largest absolute Gasteiger partial charge is 0.459 e. The Balaban J connectivity index is 1.98. The van der Waals surface area contributed by atoms with Gasteiger partial charge in [-0.05, 0) is 36.4 Å². The molecule has 0 aliphatic rings. The van der Waals surface area contributed by atoms with E-state index in [9.17, 15) is 4.39 Å². The molecule has 0 radical (unpaired) electrons. The monoisotopic (exact) mass is 230 g/mol. The number of hydrogen-bond donors (Lipinski definition) is 0. The zero-order chi connectivity index (χ0) is 11.7. The van der Waals surface area contributed by atoms with Crippen LogP contribution in [0.2, 0.25) is 0 Å². The van der Waals surface area contributed by atoms with Crippen molar-refractivity contribution in [2.24, 2.45) is 0 Å². The van der Waals surface area contributed by atoms with Crippen LogP contribution in [0.4, 0.5) is 4.39 Å². The fourth-order valence-electron chi connectivity index (χ4n) is 1.43. The summed E-state index contributed by atoms with van der Waals surface area (Å²) in [5.74, 6) is 0.830. The highest BCUT2D eigenvalue weighted by Crippen LogP contribution is 2.23. The first-order chi connectivity index (χ1) is 8.33. The average molecular weight is 230 g/mol. The second-order valence-electron chi connectivity index (χ2n) is 3.40. The minimum absolute atomic E-state index is 0.300. The molecule has 0 N–H and O–H groups in total. The lowest BCUT2D eigenvalue weighted by molar-refractivity contribution is 0.523. The van der Waals surface area contributed by atoms with Gasteiger partial charge in [-0.3, -0.25) is 0 Å². The molecule has 1 aromatic carbocycles. The number of hydrogen-bond acceptors (Lipinski definition) is 4. The highest BCUT2D eigenvalue weighted by Gasteiger charge is 2.11. The van der Waals surface area contributed by atoms with Gasteiger partial charge in [-0.25, -0.2) is 4.39 Å². The van der Waals surface area contributed by atoms with E-state index in [1.165, 1.54) is 18.4 Å². The quantitative estimate of drug-likeness (QED) is 0.678. The van der Waals surface area contributed by atoms with Crippen LogP contribution in [0.1, 0.15) is 0 Å². The minimum Gasteiger partial charge on any atom is -0.459 e. The van der Waals surface area contributed by atoms with Crippen molar-refractivity contribution in [2.45, 2.75) is 0 Å². The highest BCUT2D eigenvalue weighted by molar-refractivity contribution is 5.54. The maximum absolute atomic E-state index is 12.7. The molecule has 84 valence electrons. The first-order valence-electron chi connectivity index (χ1n) is 4.96. The van der Waals surface area contributed by atoms with Crippen LogP contribution in [-0.4, -0.2) is 10.2 Å². The lowest BCUT2D eigenvalue weighted by Crippen LogP contribution is -1.78. The van der Waals surface area contributed by atoms with E-state index in [1.807, 2.05) is 0 Å². The molecule has 2 aromatic heterocycles. The van der Waals surface area contributed by atoms with Gasteiger partial charge in [-0.2, -0.15) is 0 Å². The lowest BCUT2D eigenvalue weighted by atomic mass is 10.2. The molecule has 4 nitrogen and oxygen atoms in total. The molecule has 0 bridgehead atoms. The number of rotatable bonds is 2. The highest BCUT2D eigenvalue weighted by atomic mass is 19.1. The maximum atomic E-state index is 12.7. The second-order valence-corrected chi connectivity index (χ2v) is 3.40. The van der Waals surface area contributed by atoms with Crippen molar-refractivity contribution in [3.05, 3.63) is 48.5 Å². The minimum atomic E-state index is -0.306. The van der Waals surface area contributed by atoms with Crippen LogP contribution in [0.15, 0.2) is 51.5 Å². The molecular weight excluding hydrogens is 223 g/mol. The molecule has 5 heteroatoms. The molecule has 0 saturated heterocycles. The summed E-state index contributed by atoms with van der Waals surface area (Å²) in [6.45, 7) is 0. The molecular formula is C12H7FN2O2. The predicted octanol–water partition coefficient (Wildman–Crippen LogP) is 3.14. The van der Waals surface area contributed by atoms with Crippen molar-refractivity contribution in [1.82, 2.24) is 10.2 Å². The van der Waals surface area contributed by atoms with Crippen molar-refractivity contribution in [3.8, 4) is 23.1 Å². The number of benzene rings is 1. The van der Waals surface area contributed by atoms with Gasteiger partial charge in [-0.15, -0.1) is 10.2 Å². The van der Waals surface area contributed by atoms with E-state index in [-0.39, 0.29) is 5.82 Å². The van der Waals surface area contributed by atoms with Crippen molar-refractivity contribution in [3.63, 3.8) is 0 Å². The molecule has 0 aliphatic heterocycles. The first kappa shape index (κ1) is 9.77. The van der Waals surface area contributed by atoms with E-state index in [1.54, 1.807) is 24.3 Å². The van der Waals surface area contributed by atoms with Crippen LogP contribution in [0.3, 0.4) is 0 Å². The number of nitrogens with zero attached hydrogens (tertiary/aromatic N) is 2. The molecule has 0 saturated carbocycles. The standard InChI is InChI=1S/C12H7FN2O2/c13-9-5-3-8(4-6-9)11-14-15-12(17-11)10-2-1-7-16-10/h1-7H. The van der Waals surface area contributed by atoms with Crippen LogP contribution >= 0.6 is 0 Å². The van der Waals surface area contributed by atoms with E-state index in [0.717, 1.165) is 0 Å². The van der Waals surface area contributed by atoms with E-state index >= 15 is 0 Å². The number of furan rings is 1. The Morgan fingerprint density at radius 1 is 0.941 bits per heavy atom. The van der Waals surface area contributed by atoms with Crippen LogP contribution in [-0.2, 0) is 0 Å². The Kier molecular flexibility index (Phi) is 2.22. The first-order valence-corrected chi connectivity index (χ1v) is 4.96. The van der Waals surface area contributed by atoms with Crippen LogP contribution in [0.25, 0.3) is 23.1 Å². The molecule has 0 amide bonds. The van der Waals surface area contributed by atoms with Gasteiger partial charge in [0.25, 0.3) is 5.89 Å². The second kappa shape index (κ2) is 3.86. The summed E-state index contributed by atoms with van der Waals surface area (Å²) in [5, 5.41) is 7.73. The summed E-state index contributed by atoms with van der Waals surface area (Å²) in [7, 11) is 0. The van der Waals surface area contributed by atoms with Crippen molar-refractivity contribution < 1.29 is 13.2 Å². The van der Waals surface area contributed by atoms with Gasteiger partial charge in [-0.1, -0.05) is 0 Å². The smallest absolute Gasteiger partial charge is 0.283 e. The topological polar surface area (TPSA) is 52.1 Å². The SMILES string of the molecule is Fc1ccc(-c2nnc(-c3ccco3)o2)cc1. The maximum Gasteiger partial charge on any atom is 0.283 e. The average Bonchev–Trinajstić information content (AvgIpc) is 3.00. The van der Waals surface area contributed by atoms with E-state index in [2.05, 4.69) is 10.2 Å². The summed E-state index contributed by atoms with van der Waals surface area (Å²) in [6, 6.07) is 9.29. The van der Waals surface area contributed by atoms with Gasteiger partial charge in [0.05, 0.1) is 6.26 Å². The third-order valence-electron chi connectivity index (χ3n) is 2.25. The van der Waals surface area contributed by atoms with Gasteiger partial charge in [0.2, 0.25) is 5.89 Å². The van der Waals surface area contributed by atoms with Gasteiger partial charge in [0.15, 0.2) is 5.76 Å². The van der Waals surface area contributed by atoms with E-state index < -0.39 is 0 Å². The van der Waals surface area contributed by atoms with Crippen molar-refractivity contribution in [1.29, 1.82) is 0 Å². The Labute approximate surface area is 95.7 Å². The summed E-state index contributed by atoms with van der Waals surface area (Å²) in [4.78, 5) is 0. The van der Waals surface area contributed by atoms with Gasteiger partial charge in [0, 0.05) is 5.56 Å². The van der Waals surface area contributed by atoms with Crippen LogP contribution in [0.5, 0.6) is 0 Å². The molecule has 0 spiro atoms. The zero-order valence-corrected chi connectivity index (χ0v) is 8.63. The number of aromatic nitrogens is 2. The van der Waals surface area contributed by atoms with E-state index in [0.29, 0.717) is 23.1 Å². The number of halogens is 1. The fourth-order valence-corrected chi connectivity index (χ4v) is 1.43. The van der Waals surface area contributed by atoms with Crippen molar-refractivity contribution in [2.75, 3.05) is 0 Å². The Bertz CT molecular complexity index is 614. The third kappa shape index (κ3) is 1.82. The van der Waals surface area contributed by atoms with E-state index in [4.69, 9.17) is 8.83 Å². The summed E-state index contributed by atoms with van der Waals surface area (Å²) >= 11 is 0. The molecule has 17 heavy (non-hydrogen) atoms. The normalized spacial score (nSPS) is 10.6. The summed E-state index contributed by atoms with van der Waals surface area (Å²) < 4.78 is 23.3. The zero-order valence-electron chi connectivity index (χ0n) is 8.63. The molecule has 3 rings (SSSR count). The van der Waals surface area contributed by atoms with Gasteiger partial charge >= 0.3 is 0 Å². The Morgan fingerprint density at radius 2 is 1.71 bits per heavy atom. The van der Waals surface area contributed by atoms with Crippen LogP contribution in [0, 0.1) is 5.82 Å². The predicted molar refractivity (Wildman–Crippen MR) is 57.4 cm³/mol.